The SMILES string of the molecule is CCc1sc(-c2ccc(F)cc2)nc1C(C=O)C(=O)[C@@H]1CC[C@@H](C)C1. The molecule has 2 aromatic rings. The van der Waals surface area contributed by atoms with Crippen molar-refractivity contribution in [1.82, 2.24) is 4.98 Å². The van der Waals surface area contributed by atoms with E-state index in [4.69, 9.17) is 0 Å². The van der Waals surface area contributed by atoms with Gasteiger partial charge in [-0.2, -0.15) is 0 Å². The van der Waals surface area contributed by atoms with Gasteiger partial charge in [0, 0.05) is 16.4 Å². The highest BCUT2D eigenvalue weighted by Gasteiger charge is 2.35. The maximum absolute atomic E-state index is 13.1. The van der Waals surface area contributed by atoms with E-state index >= 15 is 0 Å². The molecule has 1 aromatic carbocycles. The molecule has 3 atom stereocenters. The Morgan fingerprint density at radius 2 is 2.08 bits per heavy atom. The summed E-state index contributed by atoms with van der Waals surface area (Å²) in [6, 6.07) is 6.14. The predicted octanol–water partition coefficient (Wildman–Crippen LogP) is 4.80. The molecular weight excluding hydrogens is 337 g/mol. The molecule has 3 nitrogen and oxygen atoms in total. The first-order valence-corrected chi connectivity index (χ1v) is 9.59. The lowest BCUT2D eigenvalue weighted by Crippen LogP contribution is -2.22. The standard InChI is InChI=1S/C20H22FNO2S/c1-3-17-18(16(11-23)19(24)14-5-4-12(2)10-14)22-20(25-17)13-6-8-15(21)9-7-13/h6-9,11-12,14,16H,3-5,10H2,1-2H3/t12-,14-,16?/m1/s1. The van der Waals surface area contributed by atoms with Crippen LogP contribution in [-0.2, 0) is 16.0 Å². The van der Waals surface area contributed by atoms with E-state index < -0.39 is 5.92 Å². The second-order valence-corrected chi connectivity index (χ2v) is 7.90. The van der Waals surface area contributed by atoms with Gasteiger partial charge in [0.15, 0.2) is 5.78 Å². The number of aromatic nitrogens is 1. The average molecular weight is 359 g/mol. The van der Waals surface area contributed by atoms with E-state index in [0.717, 1.165) is 41.0 Å². The van der Waals surface area contributed by atoms with Gasteiger partial charge in [-0.25, -0.2) is 9.37 Å². The van der Waals surface area contributed by atoms with Crippen LogP contribution in [0.1, 0.15) is 49.6 Å². The van der Waals surface area contributed by atoms with Crippen LogP contribution in [0.3, 0.4) is 0 Å². The number of hydrogen-bond acceptors (Lipinski definition) is 4. The van der Waals surface area contributed by atoms with Crippen LogP contribution in [0.25, 0.3) is 10.6 Å². The normalized spacial score (nSPS) is 21.2. The molecule has 0 aliphatic heterocycles. The summed E-state index contributed by atoms with van der Waals surface area (Å²) in [5.41, 5.74) is 1.39. The molecule has 0 amide bonds. The molecule has 0 radical (unpaired) electrons. The maximum Gasteiger partial charge on any atom is 0.152 e. The van der Waals surface area contributed by atoms with Crippen molar-refractivity contribution in [3.63, 3.8) is 0 Å². The first-order valence-electron chi connectivity index (χ1n) is 8.78. The molecule has 132 valence electrons. The highest BCUT2D eigenvalue weighted by atomic mass is 32.1. The molecular formula is C20H22FNO2S. The van der Waals surface area contributed by atoms with Gasteiger partial charge >= 0.3 is 0 Å². The van der Waals surface area contributed by atoms with Crippen molar-refractivity contribution in [2.24, 2.45) is 11.8 Å². The van der Waals surface area contributed by atoms with Crippen molar-refractivity contribution in [3.8, 4) is 10.6 Å². The van der Waals surface area contributed by atoms with E-state index in [-0.39, 0.29) is 17.5 Å². The van der Waals surface area contributed by atoms with E-state index in [1.54, 1.807) is 12.1 Å². The number of nitrogens with zero attached hydrogens (tertiary/aromatic N) is 1. The second-order valence-electron chi connectivity index (χ2n) is 6.82. The van der Waals surface area contributed by atoms with Gasteiger partial charge in [-0.05, 0) is 55.9 Å². The fraction of sp³-hybridized carbons (Fsp3) is 0.450. The van der Waals surface area contributed by atoms with Crippen LogP contribution >= 0.6 is 11.3 Å². The number of Topliss-reactive ketones (excluding diaryl/α,β-unsaturated/α-hetero) is 1. The molecule has 25 heavy (non-hydrogen) atoms. The number of carbonyl (C=O) groups is 2. The number of carbonyl (C=O) groups excluding carboxylic acids is 2. The maximum atomic E-state index is 13.1. The number of halogens is 1. The Morgan fingerprint density at radius 1 is 1.36 bits per heavy atom. The third-order valence-electron chi connectivity index (χ3n) is 4.97. The molecule has 1 fully saturated rings. The van der Waals surface area contributed by atoms with Crippen molar-refractivity contribution in [1.29, 1.82) is 0 Å². The zero-order valence-corrected chi connectivity index (χ0v) is 15.3. The Balaban J connectivity index is 1.92. The van der Waals surface area contributed by atoms with E-state index in [1.807, 2.05) is 6.92 Å². The first-order chi connectivity index (χ1) is 12.0. The van der Waals surface area contributed by atoms with Gasteiger partial charge in [0.25, 0.3) is 0 Å². The summed E-state index contributed by atoms with van der Waals surface area (Å²) in [6.07, 6.45) is 4.22. The fourth-order valence-corrected chi connectivity index (χ4v) is 4.61. The predicted molar refractivity (Wildman–Crippen MR) is 97.2 cm³/mol. The molecule has 5 heteroatoms. The van der Waals surface area contributed by atoms with Gasteiger partial charge in [-0.3, -0.25) is 4.79 Å². The number of aldehydes is 1. The van der Waals surface area contributed by atoms with Crippen molar-refractivity contribution in [2.45, 2.75) is 45.4 Å². The van der Waals surface area contributed by atoms with Crippen LogP contribution in [0.5, 0.6) is 0 Å². The molecule has 0 spiro atoms. The summed E-state index contributed by atoms with van der Waals surface area (Å²) in [6.45, 7) is 4.14. The summed E-state index contributed by atoms with van der Waals surface area (Å²) < 4.78 is 13.1. The number of rotatable bonds is 6. The smallest absolute Gasteiger partial charge is 0.152 e. The first kappa shape index (κ1) is 17.9. The van der Waals surface area contributed by atoms with Gasteiger partial charge in [-0.15, -0.1) is 11.3 Å². The number of benzene rings is 1. The lowest BCUT2D eigenvalue weighted by molar-refractivity contribution is -0.127. The van der Waals surface area contributed by atoms with Crippen molar-refractivity contribution in [3.05, 3.63) is 40.7 Å². The molecule has 0 bridgehead atoms. The van der Waals surface area contributed by atoms with Crippen LogP contribution in [0.4, 0.5) is 4.39 Å². The fourth-order valence-electron chi connectivity index (χ4n) is 3.56. The Labute approximate surface area is 151 Å². The minimum atomic E-state index is -0.782. The highest BCUT2D eigenvalue weighted by molar-refractivity contribution is 7.15. The van der Waals surface area contributed by atoms with Gasteiger partial charge < -0.3 is 4.79 Å². The number of aryl methyl sites for hydroxylation is 1. The molecule has 1 heterocycles. The van der Waals surface area contributed by atoms with Crippen LogP contribution in [0.15, 0.2) is 24.3 Å². The van der Waals surface area contributed by atoms with Crippen LogP contribution < -0.4 is 0 Å². The quantitative estimate of drug-likeness (QED) is 0.550. The van der Waals surface area contributed by atoms with Gasteiger partial charge in [-0.1, -0.05) is 13.8 Å². The van der Waals surface area contributed by atoms with E-state index in [0.29, 0.717) is 18.0 Å². The van der Waals surface area contributed by atoms with Gasteiger partial charge in [0.05, 0.1) is 5.69 Å². The summed E-state index contributed by atoms with van der Waals surface area (Å²) in [4.78, 5) is 30.2. The summed E-state index contributed by atoms with van der Waals surface area (Å²) in [5.74, 6) is -0.573. The van der Waals surface area contributed by atoms with E-state index in [2.05, 4.69) is 11.9 Å². The monoisotopic (exact) mass is 359 g/mol. The van der Waals surface area contributed by atoms with Crippen molar-refractivity contribution in [2.75, 3.05) is 0 Å². The van der Waals surface area contributed by atoms with E-state index in [9.17, 15) is 14.0 Å². The topological polar surface area (TPSA) is 47.0 Å². The second kappa shape index (κ2) is 7.56. The number of ketones is 1. The third-order valence-corrected chi connectivity index (χ3v) is 6.24. The van der Waals surface area contributed by atoms with Crippen LogP contribution in [0, 0.1) is 17.7 Å². The summed E-state index contributed by atoms with van der Waals surface area (Å²) in [5, 5.41) is 0.728. The highest BCUT2D eigenvalue weighted by Crippen LogP contribution is 2.37. The zero-order valence-electron chi connectivity index (χ0n) is 14.5. The Bertz CT molecular complexity index is 769. The Morgan fingerprint density at radius 3 is 2.64 bits per heavy atom. The average Bonchev–Trinajstić information content (AvgIpc) is 3.23. The lowest BCUT2D eigenvalue weighted by Gasteiger charge is -2.14. The van der Waals surface area contributed by atoms with E-state index in [1.165, 1.54) is 23.5 Å². The summed E-state index contributed by atoms with van der Waals surface area (Å²) in [7, 11) is 0. The molecule has 1 aliphatic carbocycles. The van der Waals surface area contributed by atoms with Crippen molar-refractivity contribution >= 4 is 23.4 Å². The molecule has 1 aliphatic rings. The van der Waals surface area contributed by atoms with Crippen molar-refractivity contribution < 1.29 is 14.0 Å². The van der Waals surface area contributed by atoms with Gasteiger partial charge in [0.1, 0.15) is 23.0 Å². The molecule has 0 saturated heterocycles. The minimum Gasteiger partial charge on any atom is -0.302 e. The third kappa shape index (κ3) is 3.71. The molecule has 3 rings (SSSR count). The minimum absolute atomic E-state index is 0.00464. The lowest BCUT2D eigenvalue weighted by atomic mass is 9.89. The zero-order chi connectivity index (χ0) is 18.0. The molecule has 0 N–H and O–H groups in total. The largest absolute Gasteiger partial charge is 0.302 e. The van der Waals surface area contributed by atoms with Gasteiger partial charge in [0.2, 0.25) is 0 Å². The number of thiazole rings is 1. The van der Waals surface area contributed by atoms with Crippen LogP contribution in [-0.4, -0.2) is 17.1 Å². The molecule has 1 aromatic heterocycles. The number of hydrogen-bond donors (Lipinski definition) is 0. The molecule has 1 unspecified atom stereocenters. The molecule has 1 saturated carbocycles. The summed E-state index contributed by atoms with van der Waals surface area (Å²) >= 11 is 1.48. The van der Waals surface area contributed by atoms with Crippen LogP contribution in [0.2, 0.25) is 0 Å². The Hall–Kier alpha value is -1.88. The Kier molecular flexibility index (Phi) is 5.42.